The zero-order valence-electron chi connectivity index (χ0n) is 16.8. The second-order valence-corrected chi connectivity index (χ2v) is 6.63. The molecule has 0 aromatic heterocycles. The van der Waals surface area contributed by atoms with Crippen LogP contribution in [0, 0.1) is 5.92 Å². The van der Waals surface area contributed by atoms with E-state index in [9.17, 15) is 14.4 Å². The molecule has 0 amide bonds. The number of ether oxygens (including phenoxy) is 3. The van der Waals surface area contributed by atoms with Gasteiger partial charge in [-0.25, -0.2) is 4.79 Å². The lowest BCUT2D eigenvalue weighted by atomic mass is 10.1. The summed E-state index contributed by atoms with van der Waals surface area (Å²) in [7, 11) is 0. The molecule has 2 aromatic rings. The molecule has 0 spiro atoms. The van der Waals surface area contributed by atoms with Crippen LogP contribution in [0.3, 0.4) is 0 Å². The highest BCUT2D eigenvalue weighted by Crippen LogP contribution is 2.16. The van der Waals surface area contributed by atoms with Crippen LogP contribution >= 0.6 is 0 Å². The Balaban J connectivity index is 1.70. The maximum Gasteiger partial charge on any atom is 0.343 e. The van der Waals surface area contributed by atoms with E-state index in [1.165, 1.54) is 0 Å². The topological polar surface area (TPSA) is 78.9 Å². The van der Waals surface area contributed by atoms with Gasteiger partial charge in [0.25, 0.3) is 0 Å². The molecular weight excluding hydrogens is 372 g/mol. The van der Waals surface area contributed by atoms with Crippen LogP contribution in [-0.4, -0.2) is 31.4 Å². The monoisotopic (exact) mass is 398 g/mol. The summed E-state index contributed by atoms with van der Waals surface area (Å²) in [5, 5.41) is 0. The van der Waals surface area contributed by atoms with E-state index in [0.29, 0.717) is 35.8 Å². The van der Waals surface area contributed by atoms with Crippen LogP contribution in [-0.2, 0) is 9.53 Å². The number of carbonyl (C=O) groups is 3. The SMILES string of the molecule is CCC(C)C(=O)OCCCCOc1ccc(C(=O)Oc2ccc(C=O)cc2)cc1. The third-order valence-electron chi connectivity index (χ3n) is 4.38. The van der Waals surface area contributed by atoms with Crippen molar-refractivity contribution in [2.75, 3.05) is 13.2 Å². The van der Waals surface area contributed by atoms with E-state index < -0.39 is 5.97 Å². The van der Waals surface area contributed by atoms with E-state index in [1.54, 1.807) is 48.5 Å². The maximum atomic E-state index is 12.2. The van der Waals surface area contributed by atoms with E-state index in [-0.39, 0.29) is 11.9 Å². The summed E-state index contributed by atoms with van der Waals surface area (Å²) in [6.07, 6.45) is 2.99. The Hall–Kier alpha value is -3.15. The summed E-state index contributed by atoms with van der Waals surface area (Å²) in [4.78, 5) is 34.4. The first-order valence-electron chi connectivity index (χ1n) is 9.70. The fourth-order valence-corrected chi connectivity index (χ4v) is 2.34. The normalized spacial score (nSPS) is 11.4. The fraction of sp³-hybridized carbons (Fsp3) is 0.348. The summed E-state index contributed by atoms with van der Waals surface area (Å²) < 4.78 is 16.1. The van der Waals surface area contributed by atoms with Crippen LogP contribution in [0.5, 0.6) is 11.5 Å². The number of rotatable bonds is 11. The van der Waals surface area contributed by atoms with Gasteiger partial charge >= 0.3 is 11.9 Å². The second-order valence-electron chi connectivity index (χ2n) is 6.63. The van der Waals surface area contributed by atoms with Crippen molar-refractivity contribution in [2.24, 2.45) is 5.92 Å². The van der Waals surface area contributed by atoms with Gasteiger partial charge in [-0.3, -0.25) is 9.59 Å². The lowest BCUT2D eigenvalue weighted by Gasteiger charge is -2.10. The molecule has 0 fully saturated rings. The molecule has 0 saturated heterocycles. The minimum Gasteiger partial charge on any atom is -0.494 e. The molecule has 154 valence electrons. The largest absolute Gasteiger partial charge is 0.494 e. The maximum absolute atomic E-state index is 12.2. The van der Waals surface area contributed by atoms with Gasteiger partial charge in [0.05, 0.1) is 24.7 Å². The highest BCUT2D eigenvalue weighted by Gasteiger charge is 2.11. The first kappa shape index (κ1) is 22.1. The second kappa shape index (κ2) is 11.6. The molecule has 0 saturated carbocycles. The first-order valence-corrected chi connectivity index (χ1v) is 9.70. The molecule has 1 atom stereocenters. The van der Waals surface area contributed by atoms with Crippen molar-refractivity contribution in [1.29, 1.82) is 0 Å². The Labute approximate surface area is 170 Å². The van der Waals surface area contributed by atoms with Gasteiger partial charge < -0.3 is 14.2 Å². The standard InChI is InChI=1S/C23H26O6/c1-3-17(2)22(25)28-15-5-4-14-27-20-12-8-19(9-13-20)23(26)29-21-10-6-18(16-24)7-11-21/h6-13,16-17H,3-5,14-15H2,1-2H3. The predicted octanol–water partition coefficient (Wildman–Crippen LogP) is 4.47. The molecule has 2 aromatic carbocycles. The number of unbranched alkanes of at least 4 members (excludes halogenated alkanes) is 1. The highest BCUT2D eigenvalue weighted by molar-refractivity contribution is 5.91. The number of carbonyl (C=O) groups excluding carboxylic acids is 3. The molecular formula is C23H26O6. The van der Waals surface area contributed by atoms with Crippen LogP contribution in [0.15, 0.2) is 48.5 Å². The summed E-state index contributed by atoms with van der Waals surface area (Å²) in [5.74, 6) is 0.310. The van der Waals surface area contributed by atoms with E-state index in [4.69, 9.17) is 14.2 Å². The third-order valence-corrected chi connectivity index (χ3v) is 4.38. The lowest BCUT2D eigenvalue weighted by Crippen LogP contribution is -2.15. The average molecular weight is 398 g/mol. The minimum absolute atomic E-state index is 0.0628. The van der Waals surface area contributed by atoms with Gasteiger partial charge in [0.2, 0.25) is 0 Å². The molecule has 2 rings (SSSR count). The Morgan fingerprint density at radius 2 is 1.55 bits per heavy atom. The highest BCUT2D eigenvalue weighted by atomic mass is 16.5. The van der Waals surface area contributed by atoms with E-state index in [0.717, 1.165) is 25.5 Å². The van der Waals surface area contributed by atoms with Gasteiger partial charge in [0, 0.05) is 5.56 Å². The van der Waals surface area contributed by atoms with Gasteiger partial charge in [0.15, 0.2) is 0 Å². The van der Waals surface area contributed by atoms with E-state index >= 15 is 0 Å². The fourth-order valence-electron chi connectivity index (χ4n) is 2.34. The van der Waals surface area contributed by atoms with Crippen LogP contribution in [0.1, 0.15) is 53.8 Å². The van der Waals surface area contributed by atoms with Crippen molar-refractivity contribution in [1.82, 2.24) is 0 Å². The smallest absolute Gasteiger partial charge is 0.343 e. The molecule has 0 heterocycles. The van der Waals surface area contributed by atoms with Gasteiger partial charge in [0.1, 0.15) is 17.8 Å². The number of benzene rings is 2. The van der Waals surface area contributed by atoms with Crippen molar-refractivity contribution in [3.05, 3.63) is 59.7 Å². The Kier molecular flexibility index (Phi) is 8.89. The van der Waals surface area contributed by atoms with Gasteiger partial charge in [-0.1, -0.05) is 13.8 Å². The van der Waals surface area contributed by atoms with Crippen LogP contribution in [0.2, 0.25) is 0 Å². The van der Waals surface area contributed by atoms with Crippen molar-refractivity contribution in [3.63, 3.8) is 0 Å². The molecule has 29 heavy (non-hydrogen) atoms. The summed E-state index contributed by atoms with van der Waals surface area (Å²) in [6.45, 7) is 4.70. The van der Waals surface area contributed by atoms with E-state index in [2.05, 4.69) is 0 Å². The Morgan fingerprint density at radius 3 is 2.17 bits per heavy atom. The van der Waals surface area contributed by atoms with Gasteiger partial charge in [-0.2, -0.15) is 0 Å². The van der Waals surface area contributed by atoms with E-state index in [1.807, 2.05) is 13.8 Å². The Bertz CT molecular complexity index is 795. The number of hydrogen-bond acceptors (Lipinski definition) is 6. The summed E-state index contributed by atoms with van der Waals surface area (Å²) in [5.41, 5.74) is 0.911. The van der Waals surface area contributed by atoms with Gasteiger partial charge in [-0.05, 0) is 67.8 Å². The first-order chi connectivity index (χ1) is 14.0. The summed E-state index contributed by atoms with van der Waals surface area (Å²) in [6, 6.07) is 13.0. The summed E-state index contributed by atoms with van der Waals surface area (Å²) >= 11 is 0. The molecule has 0 bridgehead atoms. The molecule has 0 aliphatic carbocycles. The molecule has 0 N–H and O–H groups in total. The molecule has 0 radical (unpaired) electrons. The van der Waals surface area contributed by atoms with Crippen molar-refractivity contribution >= 4 is 18.2 Å². The van der Waals surface area contributed by atoms with Crippen LogP contribution in [0.25, 0.3) is 0 Å². The zero-order valence-corrected chi connectivity index (χ0v) is 16.8. The molecule has 0 aliphatic rings. The van der Waals surface area contributed by atoms with Crippen molar-refractivity contribution < 1.29 is 28.6 Å². The molecule has 6 nitrogen and oxygen atoms in total. The third kappa shape index (κ3) is 7.41. The number of esters is 2. The number of aldehydes is 1. The predicted molar refractivity (Wildman–Crippen MR) is 108 cm³/mol. The van der Waals surface area contributed by atoms with Crippen LogP contribution < -0.4 is 9.47 Å². The Morgan fingerprint density at radius 1 is 0.931 bits per heavy atom. The van der Waals surface area contributed by atoms with Crippen LogP contribution in [0.4, 0.5) is 0 Å². The lowest BCUT2D eigenvalue weighted by molar-refractivity contribution is -0.148. The zero-order chi connectivity index (χ0) is 21.1. The van der Waals surface area contributed by atoms with Gasteiger partial charge in [-0.15, -0.1) is 0 Å². The van der Waals surface area contributed by atoms with Crippen molar-refractivity contribution in [2.45, 2.75) is 33.1 Å². The average Bonchev–Trinajstić information content (AvgIpc) is 2.76. The quantitative estimate of drug-likeness (QED) is 0.241. The van der Waals surface area contributed by atoms with Crippen molar-refractivity contribution in [3.8, 4) is 11.5 Å². The molecule has 6 heteroatoms. The number of hydrogen-bond donors (Lipinski definition) is 0. The molecule has 1 unspecified atom stereocenters. The molecule has 0 aliphatic heterocycles. The minimum atomic E-state index is -0.487.